The Balaban J connectivity index is 3.86. The van der Waals surface area contributed by atoms with Gasteiger partial charge in [-0.3, -0.25) is 0 Å². The zero-order valence-corrected chi connectivity index (χ0v) is 9.51. The summed E-state index contributed by atoms with van der Waals surface area (Å²) in [6.45, 7) is 8.97. The summed E-state index contributed by atoms with van der Waals surface area (Å²) >= 11 is 0. The van der Waals surface area contributed by atoms with E-state index in [1.165, 1.54) is 12.8 Å². The summed E-state index contributed by atoms with van der Waals surface area (Å²) in [7, 11) is 0. The summed E-state index contributed by atoms with van der Waals surface area (Å²) < 4.78 is 0. The van der Waals surface area contributed by atoms with E-state index in [9.17, 15) is 0 Å². The molecule has 2 nitrogen and oxygen atoms in total. The van der Waals surface area contributed by atoms with Crippen molar-refractivity contribution in [3.8, 4) is 0 Å². The van der Waals surface area contributed by atoms with Crippen LogP contribution in [0.4, 0.5) is 0 Å². The van der Waals surface area contributed by atoms with Crippen LogP contribution in [0.2, 0.25) is 0 Å². The molecular weight excluding hydrogens is 162 g/mol. The van der Waals surface area contributed by atoms with Crippen LogP contribution in [0.3, 0.4) is 0 Å². The molecule has 0 saturated heterocycles. The SMILES string of the molecule is CCCC(C)C(CC)N[C@@H](C)CO. The number of nitrogens with one attached hydrogen (secondary N) is 1. The zero-order valence-electron chi connectivity index (χ0n) is 9.51. The monoisotopic (exact) mass is 187 g/mol. The maximum Gasteiger partial charge on any atom is 0.0582 e. The molecule has 0 rings (SSSR count). The third-order valence-electron chi connectivity index (χ3n) is 2.64. The standard InChI is InChI=1S/C11H25NO/c1-5-7-9(3)11(6-2)12-10(4)8-13/h9-13H,5-8H2,1-4H3/t9?,10-,11?/m0/s1. The average molecular weight is 187 g/mol. The predicted octanol–water partition coefficient (Wildman–Crippen LogP) is 2.17. The molecule has 80 valence electrons. The lowest BCUT2D eigenvalue weighted by molar-refractivity contribution is 0.221. The van der Waals surface area contributed by atoms with Gasteiger partial charge < -0.3 is 10.4 Å². The van der Waals surface area contributed by atoms with Gasteiger partial charge in [0.1, 0.15) is 0 Å². The number of aliphatic hydroxyl groups excluding tert-OH is 1. The van der Waals surface area contributed by atoms with Crippen LogP contribution in [0.1, 0.15) is 47.0 Å². The van der Waals surface area contributed by atoms with Gasteiger partial charge in [-0.15, -0.1) is 0 Å². The maximum atomic E-state index is 8.93. The molecule has 0 aliphatic carbocycles. The molecule has 0 bridgehead atoms. The van der Waals surface area contributed by atoms with Crippen LogP contribution in [0.25, 0.3) is 0 Å². The Morgan fingerprint density at radius 3 is 2.23 bits per heavy atom. The molecule has 0 amide bonds. The molecular formula is C11H25NO. The van der Waals surface area contributed by atoms with Crippen molar-refractivity contribution in [3.63, 3.8) is 0 Å². The third kappa shape index (κ3) is 5.27. The van der Waals surface area contributed by atoms with Crippen molar-refractivity contribution >= 4 is 0 Å². The van der Waals surface area contributed by atoms with Crippen molar-refractivity contribution in [2.24, 2.45) is 5.92 Å². The van der Waals surface area contributed by atoms with Gasteiger partial charge in [0.05, 0.1) is 6.61 Å². The molecule has 0 heterocycles. The second-order valence-electron chi connectivity index (χ2n) is 4.03. The first-order valence-electron chi connectivity index (χ1n) is 5.52. The lowest BCUT2D eigenvalue weighted by Crippen LogP contribution is -2.42. The Morgan fingerprint density at radius 1 is 1.23 bits per heavy atom. The Labute approximate surface area is 82.7 Å². The Bertz CT molecular complexity index is 117. The summed E-state index contributed by atoms with van der Waals surface area (Å²) in [6, 6.07) is 0.784. The van der Waals surface area contributed by atoms with E-state index in [0.717, 1.165) is 6.42 Å². The lowest BCUT2D eigenvalue weighted by Gasteiger charge is -2.26. The van der Waals surface area contributed by atoms with E-state index in [1.54, 1.807) is 0 Å². The number of hydrogen-bond donors (Lipinski definition) is 2. The molecule has 2 N–H and O–H groups in total. The molecule has 0 aromatic rings. The lowest BCUT2D eigenvalue weighted by atomic mass is 9.94. The van der Waals surface area contributed by atoms with E-state index in [2.05, 4.69) is 26.1 Å². The fraction of sp³-hybridized carbons (Fsp3) is 1.00. The van der Waals surface area contributed by atoms with Gasteiger partial charge >= 0.3 is 0 Å². The van der Waals surface area contributed by atoms with Gasteiger partial charge in [-0.1, -0.05) is 27.2 Å². The van der Waals surface area contributed by atoms with Gasteiger partial charge in [-0.05, 0) is 25.7 Å². The molecule has 0 aliphatic rings. The smallest absolute Gasteiger partial charge is 0.0582 e. The first kappa shape index (κ1) is 12.9. The van der Waals surface area contributed by atoms with E-state index in [-0.39, 0.29) is 12.6 Å². The predicted molar refractivity (Wildman–Crippen MR) is 57.8 cm³/mol. The minimum atomic E-state index is 0.226. The molecule has 3 atom stereocenters. The van der Waals surface area contributed by atoms with Gasteiger partial charge in [-0.25, -0.2) is 0 Å². The summed E-state index contributed by atoms with van der Waals surface area (Å²) in [5.74, 6) is 0.712. The summed E-state index contributed by atoms with van der Waals surface area (Å²) in [5.41, 5.74) is 0. The van der Waals surface area contributed by atoms with Gasteiger partial charge in [0.15, 0.2) is 0 Å². The molecule has 2 unspecified atom stereocenters. The first-order valence-corrected chi connectivity index (χ1v) is 5.52. The van der Waals surface area contributed by atoms with Crippen LogP contribution in [0, 0.1) is 5.92 Å². The minimum absolute atomic E-state index is 0.226. The number of hydrogen-bond acceptors (Lipinski definition) is 2. The van der Waals surface area contributed by atoms with Gasteiger partial charge in [0.2, 0.25) is 0 Å². The van der Waals surface area contributed by atoms with Crippen LogP contribution in [-0.2, 0) is 0 Å². The number of aliphatic hydroxyl groups is 1. The highest BCUT2D eigenvalue weighted by atomic mass is 16.3. The highest BCUT2D eigenvalue weighted by Crippen LogP contribution is 2.13. The van der Waals surface area contributed by atoms with E-state index in [4.69, 9.17) is 5.11 Å². The van der Waals surface area contributed by atoms with Gasteiger partial charge in [0, 0.05) is 12.1 Å². The van der Waals surface area contributed by atoms with Gasteiger partial charge in [-0.2, -0.15) is 0 Å². The Morgan fingerprint density at radius 2 is 1.85 bits per heavy atom. The molecule has 13 heavy (non-hydrogen) atoms. The highest BCUT2D eigenvalue weighted by Gasteiger charge is 2.15. The second kappa shape index (κ2) is 7.34. The van der Waals surface area contributed by atoms with Crippen molar-refractivity contribution in [2.45, 2.75) is 59.0 Å². The largest absolute Gasteiger partial charge is 0.395 e. The van der Waals surface area contributed by atoms with Crippen LogP contribution >= 0.6 is 0 Å². The van der Waals surface area contributed by atoms with Crippen molar-refractivity contribution < 1.29 is 5.11 Å². The average Bonchev–Trinajstić information content (AvgIpc) is 2.14. The van der Waals surface area contributed by atoms with Crippen LogP contribution in [-0.4, -0.2) is 23.8 Å². The normalized spacial score (nSPS) is 18.2. The molecule has 0 spiro atoms. The topological polar surface area (TPSA) is 32.3 Å². The van der Waals surface area contributed by atoms with Crippen molar-refractivity contribution in [3.05, 3.63) is 0 Å². The summed E-state index contributed by atoms with van der Waals surface area (Å²) in [4.78, 5) is 0. The molecule has 0 saturated carbocycles. The van der Waals surface area contributed by atoms with E-state index >= 15 is 0 Å². The Kier molecular flexibility index (Phi) is 7.29. The van der Waals surface area contributed by atoms with Crippen LogP contribution in [0.5, 0.6) is 0 Å². The third-order valence-corrected chi connectivity index (χ3v) is 2.64. The summed E-state index contributed by atoms with van der Waals surface area (Å²) in [6.07, 6.45) is 3.65. The van der Waals surface area contributed by atoms with E-state index in [1.807, 2.05) is 6.92 Å². The molecule has 0 fully saturated rings. The van der Waals surface area contributed by atoms with Crippen molar-refractivity contribution in [1.29, 1.82) is 0 Å². The van der Waals surface area contributed by atoms with Crippen LogP contribution < -0.4 is 5.32 Å². The fourth-order valence-corrected chi connectivity index (χ4v) is 1.76. The van der Waals surface area contributed by atoms with Gasteiger partial charge in [0.25, 0.3) is 0 Å². The fourth-order valence-electron chi connectivity index (χ4n) is 1.76. The molecule has 0 radical (unpaired) electrons. The maximum absolute atomic E-state index is 8.93. The minimum Gasteiger partial charge on any atom is -0.395 e. The van der Waals surface area contributed by atoms with E-state index < -0.39 is 0 Å². The van der Waals surface area contributed by atoms with Crippen molar-refractivity contribution in [1.82, 2.24) is 5.32 Å². The number of rotatable bonds is 7. The van der Waals surface area contributed by atoms with Crippen molar-refractivity contribution in [2.75, 3.05) is 6.61 Å². The highest BCUT2D eigenvalue weighted by molar-refractivity contribution is 4.74. The summed E-state index contributed by atoms with van der Waals surface area (Å²) in [5, 5.41) is 12.4. The Hall–Kier alpha value is -0.0800. The quantitative estimate of drug-likeness (QED) is 0.640. The first-order chi connectivity index (χ1) is 6.15. The van der Waals surface area contributed by atoms with Crippen LogP contribution in [0.15, 0.2) is 0 Å². The molecule has 0 aromatic carbocycles. The zero-order chi connectivity index (χ0) is 10.3. The van der Waals surface area contributed by atoms with E-state index in [0.29, 0.717) is 12.0 Å². The molecule has 2 heteroatoms. The molecule has 0 aromatic heterocycles. The molecule has 0 aliphatic heterocycles. The second-order valence-corrected chi connectivity index (χ2v) is 4.03.